The normalized spacial score (nSPS) is 14.4. The summed E-state index contributed by atoms with van der Waals surface area (Å²) in [7, 11) is -2.08. The fourth-order valence-electron chi connectivity index (χ4n) is 3.22. The molecule has 170 valence electrons. The number of hydrogen-bond acceptors (Lipinski definition) is 6. The molecule has 2 aromatic carbocycles. The summed E-state index contributed by atoms with van der Waals surface area (Å²) in [4.78, 5) is 9.85. The molecule has 0 heterocycles. The van der Waals surface area contributed by atoms with Gasteiger partial charge in [-0.25, -0.2) is 4.39 Å². The average Bonchev–Trinajstić information content (AvgIpc) is 2.71. The van der Waals surface area contributed by atoms with Crippen LogP contribution in [0.15, 0.2) is 42.5 Å². The molecule has 0 aliphatic carbocycles. The Morgan fingerprint density at radius 3 is 2.00 bits per heavy atom. The smallest absolute Gasteiger partial charge is 0.423 e. The minimum atomic E-state index is -5.05. The molecule has 12 heteroatoms. The molecule has 0 N–H and O–H groups in total. The maximum absolute atomic E-state index is 13.6. The first-order valence-corrected chi connectivity index (χ1v) is 10.4. The third-order valence-electron chi connectivity index (χ3n) is 4.67. The molecule has 2 rings (SSSR count). The average molecular weight is 465 g/mol. The molecule has 0 aliphatic rings. The molecule has 7 nitrogen and oxygen atoms in total. The van der Waals surface area contributed by atoms with Crippen LogP contribution >= 0.6 is 7.60 Å². The van der Waals surface area contributed by atoms with E-state index in [0.717, 1.165) is 32.4 Å². The monoisotopic (exact) mass is 465 g/mol. The highest BCUT2D eigenvalue weighted by Gasteiger charge is 2.57. The Morgan fingerprint density at radius 2 is 1.58 bits per heavy atom. The first-order valence-electron chi connectivity index (χ1n) is 8.84. The van der Waals surface area contributed by atoms with E-state index in [9.17, 15) is 32.2 Å². The number of ether oxygens (including phenoxy) is 1. The van der Waals surface area contributed by atoms with E-state index in [1.807, 2.05) is 0 Å². The summed E-state index contributed by atoms with van der Waals surface area (Å²) in [5.74, 6) is -1.81. The van der Waals surface area contributed by atoms with Gasteiger partial charge in [0.2, 0.25) is 5.34 Å². The Hall–Kier alpha value is -2.49. The zero-order chi connectivity index (χ0) is 23.6. The minimum absolute atomic E-state index is 0.114. The van der Waals surface area contributed by atoms with Crippen molar-refractivity contribution >= 4 is 13.3 Å². The molecular weight excluding hydrogens is 445 g/mol. The molecule has 2 aromatic rings. The van der Waals surface area contributed by atoms with Crippen molar-refractivity contribution in [2.45, 2.75) is 25.4 Å². The maximum Gasteiger partial charge on any atom is 0.423 e. The highest BCUT2D eigenvalue weighted by atomic mass is 31.2. The fraction of sp³-hybridized carbons (Fsp3) is 0.368. The van der Waals surface area contributed by atoms with E-state index in [4.69, 9.17) is 13.8 Å². The number of halogens is 4. The number of alkyl halides is 3. The summed E-state index contributed by atoms with van der Waals surface area (Å²) in [6.45, 7) is 3.12. The Labute approximate surface area is 175 Å². The van der Waals surface area contributed by atoms with Crippen LogP contribution in [-0.4, -0.2) is 19.1 Å². The van der Waals surface area contributed by atoms with Gasteiger partial charge in [-0.3, -0.25) is 14.7 Å². The van der Waals surface area contributed by atoms with Crippen molar-refractivity contribution in [3.05, 3.63) is 69.5 Å². The summed E-state index contributed by atoms with van der Waals surface area (Å²) in [5.41, 5.74) is -2.60. The van der Waals surface area contributed by atoms with Crippen molar-refractivity contribution < 1.29 is 40.8 Å². The van der Waals surface area contributed by atoms with Crippen LogP contribution in [0.4, 0.5) is 23.2 Å². The molecule has 0 bridgehead atoms. The van der Waals surface area contributed by atoms with Crippen molar-refractivity contribution in [1.82, 2.24) is 0 Å². The largest absolute Gasteiger partial charge is 0.469 e. The van der Waals surface area contributed by atoms with Crippen LogP contribution in [0.2, 0.25) is 0 Å². The van der Waals surface area contributed by atoms with E-state index in [1.165, 1.54) is 12.1 Å². The van der Waals surface area contributed by atoms with Crippen LogP contribution in [0.25, 0.3) is 0 Å². The number of hydrogen-bond donors (Lipinski definition) is 0. The zero-order valence-corrected chi connectivity index (χ0v) is 17.9. The van der Waals surface area contributed by atoms with Gasteiger partial charge >= 0.3 is 13.8 Å². The molecule has 0 aromatic heterocycles. The van der Waals surface area contributed by atoms with Crippen LogP contribution in [0, 0.1) is 21.8 Å². The lowest BCUT2D eigenvalue weighted by molar-refractivity contribution is -0.388. The van der Waals surface area contributed by atoms with Gasteiger partial charge in [-0.05, 0) is 24.3 Å². The highest BCUT2D eigenvalue weighted by molar-refractivity contribution is 7.55. The van der Waals surface area contributed by atoms with Gasteiger partial charge in [0.15, 0.2) is 0 Å². The first-order chi connectivity index (χ1) is 14.3. The number of benzene rings is 2. The van der Waals surface area contributed by atoms with Gasteiger partial charge < -0.3 is 13.8 Å². The van der Waals surface area contributed by atoms with E-state index < -0.39 is 52.8 Å². The second-order valence-corrected chi connectivity index (χ2v) is 9.15. The summed E-state index contributed by atoms with van der Waals surface area (Å²) in [6, 6.07) is 6.63. The zero-order valence-electron chi connectivity index (χ0n) is 17.0. The summed E-state index contributed by atoms with van der Waals surface area (Å²) < 4.78 is 83.4. The van der Waals surface area contributed by atoms with Crippen molar-refractivity contribution in [2.75, 3.05) is 14.2 Å². The molecule has 1 unspecified atom stereocenters. The standard InChI is InChI=1S/C19H20F4NO6P/c1-12(2)18(31(27,28-3)29-4,13-5-7-14(20)8-6-13)30-15-9-10-17(24(25)26)16(11-15)19(21,22)23/h5-12H,1-4H3. The lowest BCUT2D eigenvalue weighted by Gasteiger charge is -2.41. The van der Waals surface area contributed by atoms with Gasteiger partial charge in [-0.15, -0.1) is 0 Å². The van der Waals surface area contributed by atoms with Gasteiger partial charge in [0, 0.05) is 31.8 Å². The molecular formula is C19H20F4NO6P. The van der Waals surface area contributed by atoms with Crippen LogP contribution in [-0.2, 0) is 25.1 Å². The van der Waals surface area contributed by atoms with Crippen molar-refractivity contribution in [3.8, 4) is 5.75 Å². The van der Waals surface area contributed by atoms with E-state index in [-0.39, 0.29) is 5.56 Å². The molecule has 0 radical (unpaired) electrons. The number of nitro benzene ring substituents is 1. The lowest BCUT2D eigenvalue weighted by Crippen LogP contribution is -2.39. The Bertz CT molecular complexity index is 988. The predicted octanol–water partition coefficient (Wildman–Crippen LogP) is 6.13. The first kappa shape index (κ1) is 24.8. The predicted molar refractivity (Wildman–Crippen MR) is 103 cm³/mol. The molecule has 0 fully saturated rings. The van der Waals surface area contributed by atoms with E-state index in [0.29, 0.717) is 12.1 Å². The maximum atomic E-state index is 13.6. The Balaban J connectivity index is 2.79. The van der Waals surface area contributed by atoms with Crippen LogP contribution in [0.5, 0.6) is 5.75 Å². The third-order valence-corrected chi connectivity index (χ3v) is 7.31. The van der Waals surface area contributed by atoms with Gasteiger partial charge in [-0.1, -0.05) is 26.0 Å². The van der Waals surface area contributed by atoms with Crippen molar-refractivity contribution in [1.29, 1.82) is 0 Å². The summed E-state index contributed by atoms with van der Waals surface area (Å²) in [6.07, 6.45) is -5.05. The molecule has 0 spiro atoms. The van der Waals surface area contributed by atoms with Gasteiger partial charge in [0.05, 0.1) is 4.92 Å². The molecule has 0 amide bonds. The Kier molecular flexibility index (Phi) is 7.14. The fourth-order valence-corrected chi connectivity index (χ4v) is 5.23. The quantitative estimate of drug-likeness (QED) is 0.202. The molecule has 0 saturated carbocycles. The van der Waals surface area contributed by atoms with E-state index >= 15 is 0 Å². The highest BCUT2D eigenvalue weighted by Crippen LogP contribution is 2.67. The topological polar surface area (TPSA) is 87.9 Å². The third kappa shape index (κ3) is 4.58. The van der Waals surface area contributed by atoms with Gasteiger partial charge in [0.1, 0.15) is 17.1 Å². The lowest BCUT2D eigenvalue weighted by atomic mass is 9.97. The second kappa shape index (κ2) is 8.94. The SMILES string of the molecule is COP(=O)(OC)C(Oc1ccc([N+](=O)[O-])c(C(F)(F)F)c1)(c1ccc(F)cc1)C(C)C. The number of nitrogens with zero attached hydrogens (tertiary/aromatic N) is 1. The van der Waals surface area contributed by atoms with Crippen molar-refractivity contribution in [2.24, 2.45) is 5.92 Å². The van der Waals surface area contributed by atoms with E-state index in [1.54, 1.807) is 13.8 Å². The summed E-state index contributed by atoms with van der Waals surface area (Å²) >= 11 is 0. The van der Waals surface area contributed by atoms with Gasteiger partial charge in [-0.2, -0.15) is 13.2 Å². The number of rotatable bonds is 8. The molecule has 1 atom stereocenters. The molecule has 31 heavy (non-hydrogen) atoms. The second-order valence-electron chi connectivity index (χ2n) is 6.76. The van der Waals surface area contributed by atoms with E-state index in [2.05, 4.69) is 0 Å². The van der Waals surface area contributed by atoms with Crippen LogP contribution in [0.1, 0.15) is 25.0 Å². The molecule has 0 saturated heterocycles. The number of nitro groups is 1. The Morgan fingerprint density at radius 1 is 1.03 bits per heavy atom. The van der Waals surface area contributed by atoms with Crippen LogP contribution in [0.3, 0.4) is 0 Å². The van der Waals surface area contributed by atoms with Crippen molar-refractivity contribution in [3.63, 3.8) is 0 Å². The summed E-state index contributed by atoms with van der Waals surface area (Å²) in [5, 5.41) is 9.03. The van der Waals surface area contributed by atoms with Gasteiger partial charge in [0.25, 0.3) is 5.69 Å². The minimum Gasteiger partial charge on any atom is -0.469 e. The van der Waals surface area contributed by atoms with Crippen LogP contribution < -0.4 is 4.74 Å². The molecule has 0 aliphatic heterocycles.